The summed E-state index contributed by atoms with van der Waals surface area (Å²) in [6.07, 6.45) is 3.27. The fourth-order valence-corrected chi connectivity index (χ4v) is 3.24. The van der Waals surface area contributed by atoms with Crippen molar-refractivity contribution in [3.8, 4) is 11.8 Å². The van der Waals surface area contributed by atoms with Crippen LogP contribution < -0.4 is 10.1 Å². The Labute approximate surface area is 174 Å². The van der Waals surface area contributed by atoms with Crippen LogP contribution in [0.25, 0.3) is 0 Å². The number of piperidine rings is 1. The molecule has 29 heavy (non-hydrogen) atoms. The van der Waals surface area contributed by atoms with E-state index in [1.165, 1.54) is 6.20 Å². The highest BCUT2D eigenvalue weighted by atomic mass is 35.5. The monoisotopic (exact) mass is 412 g/mol. The van der Waals surface area contributed by atoms with E-state index in [0.717, 1.165) is 12.0 Å². The van der Waals surface area contributed by atoms with Gasteiger partial charge in [-0.25, -0.2) is 4.98 Å². The molecule has 1 N–H and O–H groups in total. The Balaban J connectivity index is 1.50. The summed E-state index contributed by atoms with van der Waals surface area (Å²) in [6, 6.07) is 12.5. The molecule has 2 aromatic rings. The number of halogens is 1. The van der Waals surface area contributed by atoms with Crippen molar-refractivity contribution in [2.24, 2.45) is 5.92 Å². The van der Waals surface area contributed by atoms with E-state index in [0.29, 0.717) is 42.5 Å². The normalized spacial score (nSPS) is 16.0. The molecule has 1 aliphatic heterocycles. The van der Waals surface area contributed by atoms with Gasteiger partial charge in [-0.2, -0.15) is 5.26 Å². The second-order valence-electron chi connectivity index (χ2n) is 6.80. The van der Waals surface area contributed by atoms with Gasteiger partial charge in [0.25, 0.3) is 5.91 Å². The average Bonchev–Trinajstić information content (AvgIpc) is 2.75. The summed E-state index contributed by atoms with van der Waals surface area (Å²) in [7, 11) is 0. The van der Waals surface area contributed by atoms with Gasteiger partial charge in [0, 0.05) is 19.3 Å². The standard InChI is InChI=1S/C21H21ClN4O3/c22-17-5-8-19(24-12-17)25-21(28)16-2-1-11-26(13-16)20(27)14-29-18-6-3-15(4-7-18)9-10-23/h3-8,12,16H,1-2,9,11,13-14H2,(H,24,25,28). The Morgan fingerprint density at radius 3 is 2.76 bits per heavy atom. The van der Waals surface area contributed by atoms with Crippen molar-refractivity contribution in [2.45, 2.75) is 19.3 Å². The Hall–Kier alpha value is -3.11. The number of aromatic nitrogens is 1. The van der Waals surface area contributed by atoms with Gasteiger partial charge in [0.1, 0.15) is 11.6 Å². The minimum absolute atomic E-state index is 0.0926. The Morgan fingerprint density at radius 1 is 1.28 bits per heavy atom. The van der Waals surface area contributed by atoms with Gasteiger partial charge in [-0.05, 0) is 42.7 Å². The predicted molar refractivity (Wildman–Crippen MR) is 108 cm³/mol. The van der Waals surface area contributed by atoms with Gasteiger partial charge in [-0.3, -0.25) is 9.59 Å². The Kier molecular flexibility index (Phi) is 7.04. The number of amides is 2. The predicted octanol–water partition coefficient (Wildman–Crippen LogP) is 3.06. The number of likely N-dealkylation sites (tertiary alicyclic amines) is 1. The number of benzene rings is 1. The largest absolute Gasteiger partial charge is 0.484 e. The summed E-state index contributed by atoms with van der Waals surface area (Å²) in [5, 5.41) is 12.0. The zero-order valence-corrected chi connectivity index (χ0v) is 16.6. The topological polar surface area (TPSA) is 95.3 Å². The maximum Gasteiger partial charge on any atom is 0.260 e. The molecule has 0 bridgehead atoms. The lowest BCUT2D eigenvalue weighted by atomic mass is 9.97. The highest BCUT2D eigenvalue weighted by Gasteiger charge is 2.28. The molecule has 0 aliphatic carbocycles. The number of hydrogen-bond donors (Lipinski definition) is 1. The first-order chi connectivity index (χ1) is 14.0. The van der Waals surface area contributed by atoms with Gasteiger partial charge >= 0.3 is 0 Å². The van der Waals surface area contributed by atoms with Crippen molar-refractivity contribution in [1.82, 2.24) is 9.88 Å². The number of nitrogens with zero attached hydrogens (tertiary/aromatic N) is 3. The van der Waals surface area contributed by atoms with E-state index in [9.17, 15) is 9.59 Å². The first-order valence-corrected chi connectivity index (χ1v) is 9.72. The molecular formula is C21H21ClN4O3. The first-order valence-electron chi connectivity index (χ1n) is 9.34. The SMILES string of the molecule is N#CCc1ccc(OCC(=O)N2CCCC(C(=O)Nc3ccc(Cl)cn3)C2)cc1. The Bertz CT molecular complexity index is 894. The van der Waals surface area contributed by atoms with Crippen LogP contribution in [0.1, 0.15) is 18.4 Å². The second kappa shape index (κ2) is 9.89. The number of ether oxygens (including phenoxy) is 1. The molecule has 3 rings (SSSR count). The van der Waals surface area contributed by atoms with Gasteiger partial charge in [-0.1, -0.05) is 23.7 Å². The molecule has 0 spiro atoms. The fraction of sp³-hybridized carbons (Fsp3) is 0.333. The van der Waals surface area contributed by atoms with Crippen molar-refractivity contribution in [2.75, 3.05) is 25.0 Å². The lowest BCUT2D eigenvalue weighted by molar-refractivity contribution is -0.136. The van der Waals surface area contributed by atoms with E-state index >= 15 is 0 Å². The van der Waals surface area contributed by atoms with Crippen LogP contribution in [0.3, 0.4) is 0 Å². The zero-order chi connectivity index (χ0) is 20.6. The number of nitriles is 1. The average molecular weight is 413 g/mol. The number of anilines is 1. The molecule has 8 heteroatoms. The van der Waals surface area contributed by atoms with Gasteiger partial charge in [0.15, 0.2) is 6.61 Å². The van der Waals surface area contributed by atoms with Crippen LogP contribution in [-0.2, 0) is 16.0 Å². The zero-order valence-electron chi connectivity index (χ0n) is 15.8. The van der Waals surface area contributed by atoms with Crippen molar-refractivity contribution in [3.63, 3.8) is 0 Å². The van der Waals surface area contributed by atoms with Crippen molar-refractivity contribution in [3.05, 3.63) is 53.2 Å². The van der Waals surface area contributed by atoms with Crippen LogP contribution in [-0.4, -0.2) is 41.4 Å². The van der Waals surface area contributed by atoms with Crippen LogP contribution in [0.15, 0.2) is 42.6 Å². The molecule has 2 heterocycles. The van der Waals surface area contributed by atoms with E-state index in [1.54, 1.807) is 41.3 Å². The second-order valence-corrected chi connectivity index (χ2v) is 7.23. The molecule has 1 saturated heterocycles. The molecule has 1 unspecified atom stereocenters. The summed E-state index contributed by atoms with van der Waals surface area (Å²) >= 11 is 5.80. The number of carbonyl (C=O) groups excluding carboxylic acids is 2. The first kappa shape index (κ1) is 20.6. The van der Waals surface area contributed by atoms with Gasteiger partial charge < -0.3 is 15.0 Å². The summed E-state index contributed by atoms with van der Waals surface area (Å²) in [6.45, 7) is 0.861. The van der Waals surface area contributed by atoms with Gasteiger partial charge in [0.2, 0.25) is 5.91 Å². The number of rotatable bonds is 6. The van der Waals surface area contributed by atoms with Gasteiger partial charge in [0.05, 0.1) is 23.4 Å². The fourth-order valence-electron chi connectivity index (χ4n) is 3.13. The van der Waals surface area contributed by atoms with Crippen molar-refractivity contribution >= 4 is 29.2 Å². The van der Waals surface area contributed by atoms with Gasteiger partial charge in [-0.15, -0.1) is 0 Å². The number of pyridine rings is 1. The van der Waals surface area contributed by atoms with E-state index < -0.39 is 0 Å². The van der Waals surface area contributed by atoms with Crippen LogP contribution in [0.4, 0.5) is 5.82 Å². The summed E-state index contributed by atoms with van der Waals surface area (Å²) in [5.41, 5.74) is 0.895. The molecule has 1 fully saturated rings. The third kappa shape index (κ3) is 5.93. The van der Waals surface area contributed by atoms with E-state index in [4.69, 9.17) is 21.6 Å². The smallest absolute Gasteiger partial charge is 0.260 e. The number of hydrogen-bond acceptors (Lipinski definition) is 5. The quantitative estimate of drug-likeness (QED) is 0.786. The van der Waals surface area contributed by atoms with Crippen LogP contribution in [0, 0.1) is 17.2 Å². The Morgan fingerprint density at radius 2 is 2.07 bits per heavy atom. The summed E-state index contributed by atoms with van der Waals surface area (Å²) in [5.74, 6) is 0.390. The van der Waals surface area contributed by atoms with Crippen molar-refractivity contribution < 1.29 is 14.3 Å². The van der Waals surface area contributed by atoms with E-state index in [1.807, 2.05) is 0 Å². The molecule has 1 aromatic carbocycles. The molecule has 1 aliphatic rings. The molecule has 150 valence electrons. The third-order valence-electron chi connectivity index (χ3n) is 4.69. The summed E-state index contributed by atoms with van der Waals surface area (Å²) in [4.78, 5) is 30.7. The van der Waals surface area contributed by atoms with Crippen LogP contribution >= 0.6 is 11.6 Å². The minimum Gasteiger partial charge on any atom is -0.484 e. The lowest BCUT2D eigenvalue weighted by Gasteiger charge is -2.32. The molecule has 0 radical (unpaired) electrons. The van der Waals surface area contributed by atoms with Crippen molar-refractivity contribution in [1.29, 1.82) is 5.26 Å². The maximum atomic E-state index is 12.5. The highest BCUT2D eigenvalue weighted by Crippen LogP contribution is 2.20. The summed E-state index contributed by atoms with van der Waals surface area (Å²) < 4.78 is 5.56. The number of nitrogens with one attached hydrogen (secondary N) is 1. The van der Waals surface area contributed by atoms with E-state index in [2.05, 4.69) is 16.4 Å². The highest BCUT2D eigenvalue weighted by molar-refractivity contribution is 6.30. The molecule has 7 nitrogen and oxygen atoms in total. The lowest BCUT2D eigenvalue weighted by Crippen LogP contribution is -2.45. The third-order valence-corrected chi connectivity index (χ3v) is 4.92. The minimum atomic E-state index is -0.296. The van der Waals surface area contributed by atoms with Crippen LogP contribution in [0.2, 0.25) is 5.02 Å². The molecule has 1 atom stereocenters. The maximum absolute atomic E-state index is 12.5. The van der Waals surface area contributed by atoms with E-state index in [-0.39, 0.29) is 24.3 Å². The molecule has 1 aromatic heterocycles. The number of carbonyl (C=O) groups is 2. The van der Waals surface area contributed by atoms with Crippen LogP contribution in [0.5, 0.6) is 5.75 Å². The molecule has 0 saturated carbocycles. The molecular weight excluding hydrogens is 392 g/mol. The molecule has 2 amide bonds.